The summed E-state index contributed by atoms with van der Waals surface area (Å²) in [6, 6.07) is 0. The van der Waals surface area contributed by atoms with Crippen molar-refractivity contribution in [3.05, 3.63) is 26.3 Å². The second-order valence-corrected chi connectivity index (χ2v) is 9.05. The van der Waals surface area contributed by atoms with Crippen molar-refractivity contribution in [2.45, 2.75) is 64.3 Å². The Morgan fingerprint density at radius 1 is 1.36 bits per heavy atom. The van der Waals surface area contributed by atoms with Gasteiger partial charge in [-0.3, -0.25) is 9.89 Å². The van der Waals surface area contributed by atoms with E-state index >= 15 is 0 Å². The minimum absolute atomic E-state index is 0.195. The molecule has 1 saturated heterocycles. The van der Waals surface area contributed by atoms with E-state index in [0.717, 1.165) is 0 Å². The lowest BCUT2D eigenvalue weighted by molar-refractivity contribution is -0.110. The number of nitrogens with zero attached hydrogens (tertiary/aromatic N) is 4. The summed E-state index contributed by atoms with van der Waals surface area (Å²) in [7, 11) is 0. The molecule has 4 heterocycles. The van der Waals surface area contributed by atoms with E-state index in [1.807, 2.05) is 27.7 Å². The fourth-order valence-corrected chi connectivity index (χ4v) is 4.31. The summed E-state index contributed by atoms with van der Waals surface area (Å²) in [6.45, 7) is 8.46. The average molecular weight is 454 g/mol. The van der Waals surface area contributed by atoms with Crippen LogP contribution in [0.2, 0.25) is 0 Å². The fraction of sp³-hybridized carbons (Fsp3) is 0.667. The van der Waals surface area contributed by atoms with E-state index in [1.54, 1.807) is 4.90 Å². The van der Waals surface area contributed by atoms with Gasteiger partial charge < -0.3 is 14.4 Å². The lowest BCUT2D eigenvalue weighted by Crippen LogP contribution is -2.48. The van der Waals surface area contributed by atoms with Gasteiger partial charge in [-0.2, -0.15) is 9.50 Å². The second kappa shape index (κ2) is 6.55. The van der Waals surface area contributed by atoms with Crippen LogP contribution in [0.4, 0.5) is 4.79 Å². The van der Waals surface area contributed by atoms with Crippen LogP contribution in [-0.4, -0.2) is 49.3 Å². The number of H-pyrrole nitrogens is 1. The maximum absolute atomic E-state index is 13.2. The standard InChI is InChI=1S/C18H24BrN5O4/c1-5-10-12-11(13(25)24-15(20-12)21-14(19)22-24)18(27-10)6-8-23(9-7-18)16(26)28-17(2,3)4/h10H,5-9H2,1-4H3,(H,20,21,22). The maximum atomic E-state index is 13.2. The Balaban J connectivity index is 1.67. The van der Waals surface area contributed by atoms with Crippen LogP contribution in [0.3, 0.4) is 0 Å². The van der Waals surface area contributed by atoms with Gasteiger partial charge in [0.15, 0.2) is 4.73 Å². The highest BCUT2D eigenvalue weighted by Gasteiger charge is 2.50. The highest BCUT2D eigenvalue weighted by molar-refractivity contribution is 9.10. The van der Waals surface area contributed by atoms with Crippen molar-refractivity contribution in [2.75, 3.05) is 13.1 Å². The molecule has 2 aromatic heterocycles. The van der Waals surface area contributed by atoms with Gasteiger partial charge >= 0.3 is 6.09 Å². The quantitative estimate of drug-likeness (QED) is 0.711. The van der Waals surface area contributed by atoms with E-state index in [1.165, 1.54) is 4.52 Å². The SMILES string of the molecule is CCC1OC2(CCN(C(=O)OC(C)(C)C)CC2)c2c1nc1nc(Br)[nH]n1c2=O. The number of carbonyl (C=O) groups excluding carboxylic acids is 1. The number of likely N-dealkylation sites (tertiary alicyclic amines) is 1. The zero-order valence-electron chi connectivity index (χ0n) is 16.4. The molecule has 10 heteroatoms. The number of hydrogen-bond donors (Lipinski definition) is 1. The molecule has 2 aromatic rings. The first kappa shape index (κ1) is 19.4. The zero-order valence-corrected chi connectivity index (χ0v) is 18.0. The number of nitrogens with one attached hydrogen (secondary N) is 1. The predicted octanol–water partition coefficient (Wildman–Crippen LogP) is 2.89. The van der Waals surface area contributed by atoms with Crippen LogP contribution < -0.4 is 5.56 Å². The average Bonchev–Trinajstić information content (AvgIpc) is 3.12. The summed E-state index contributed by atoms with van der Waals surface area (Å²) in [5, 5.41) is 2.87. The molecule has 2 aliphatic rings. The lowest BCUT2D eigenvalue weighted by Gasteiger charge is -2.39. The molecule has 4 rings (SSSR count). The van der Waals surface area contributed by atoms with Gasteiger partial charge in [-0.05, 0) is 56.0 Å². The number of amides is 1. The molecule has 1 N–H and O–H groups in total. The smallest absolute Gasteiger partial charge is 0.410 e. The topological polar surface area (TPSA) is 102 Å². The Morgan fingerprint density at radius 2 is 2.04 bits per heavy atom. The minimum atomic E-state index is -0.739. The number of piperidine rings is 1. The van der Waals surface area contributed by atoms with E-state index in [4.69, 9.17) is 9.47 Å². The van der Waals surface area contributed by atoms with Gasteiger partial charge in [0.25, 0.3) is 11.3 Å². The van der Waals surface area contributed by atoms with E-state index in [2.05, 4.69) is 31.0 Å². The third-order valence-corrected chi connectivity index (χ3v) is 5.57. The van der Waals surface area contributed by atoms with Crippen molar-refractivity contribution < 1.29 is 14.3 Å². The summed E-state index contributed by atoms with van der Waals surface area (Å²) in [6.07, 6.45) is 1.16. The Labute approximate surface area is 170 Å². The summed E-state index contributed by atoms with van der Waals surface area (Å²) < 4.78 is 13.6. The molecule has 9 nitrogen and oxygen atoms in total. The number of halogens is 1. The van der Waals surface area contributed by atoms with Gasteiger partial charge in [-0.15, -0.1) is 0 Å². The molecule has 0 aliphatic carbocycles. The molecule has 0 radical (unpaired) electrons. The number of ether oxygens (including phenoxy) is 2. The number of aromatic amines is 1. The number of fused-ring (bicyclic) bond motifs is 3. The van der Waals surface area contributed by atoms with Crippen LogP contribution in [0, 0.1) is 0 Å². The molecular weight excluding hydrogens is 430 g/mol. The van der Waals surface area contributed by atoms with Crippen molar-refractivity contribution in [1.29, 1.82) is 0 Å². The van der Waals surface area contributed by atoms with Crippen molar-refractivity contribution in [2.24, 2.45) is 0 Å². The molecule has 1 unspecified atom stereocenters. The monoisotopic (exact) mass is 453 g/mol. The normalized spacial score (nSPS) is 21.3. The third-order valence-electron chi connectivity index (χ3n) is 5.22. The van der Waals surface area contributed by atoms with Crippen LogP contribution in [0.1, 0.15) is 64.3 Å². The van der Waals surface area contributed by atoms with Gasteiger partial charge in [0.2, 0.25) is 0 Å². The molecular formula is C18H24BrN5O4. The molecule has 0 saturated carbocycles. The molecule has 1 atom stereocenters. The molecule has 0 bridgehead atoms. The molecule has 0 aromatic carbocycles. The summed E-state index contributed by atoms with van der Waals surface area (Å²) in [5.74, 6) is 0.320. The first-order valence-corrected chi connectivity index (χ1v) is 10.3. The van der Waals surface area contributed by atoms with Crippen molar-refractivity contribution in [3.63, 3.8) is 0 Å². The number of rotatable bonds is 1. The van der Waals surface area contributed by atoms with E-state index in [-0.39, 0.29) is 17.8 Å². The molecule has 1 spiro atoms. The van der Waals surface area contributed by atoms with Crippen molar-refractivity contribution in [1.82, 2.24) is 24.5 Å². The Morgan fingerprint density at radius 3 is 2.64 bits per heavy atom. The summed E-state index contributed by atoms with van der Waals surface area (Å²) in [4.78, 5) is 36.1. The fourth-order valence-electron chi connectivity index (χ4n) is 3.98. The van der Waals surface area contributed by atoms with Gasteiger partial charge in [0, 0.05) is 13.1 Å². The van der Waals surface area contributed by atoms with E-state index in [0.29, 0.717) is 54.1 Å². The van der Waals surface area contributed by atoms with Gasteiger partial charge in [0.05, 0.1) is 11.3 Å². The van der Waals surface area contributed by atoms with Gasteiger partial charge in [0.1, 0.15) is 17.3 Å². The minimum Gasteiger partial charge on any atom is -0.444 e. The van der Waals surface area contributed by atoms with Crippen molar-refractivity contribution in [3.8, 4) is 0 Å². The highest BCUT2D eigenvalue weighted by atomic mass is 79.9. The van der Waals surface area contributed by atoms with Gasteiger partial charge in [-0.25, -0.2) is 9.78 Å². The Bertz CT molecular complexity index is 984. The first-order valence-electron chi connectivity index (χ1n) is 9.48. The Kier molecular flexibility index (Phi) is 4.53. The first-order chi connectivity index (χ1) is 13.1. The lowest BCUT2D eigenvalue weighted by atomic mass is 9.85. The summed E-state index contributed by atoms with van der Waals surface area (Å²) >= 11 is 3.26. The van der Waals surface area contributed by atoms with E-state index < -0.39 is 11.2 Å². The molecule has 1 fully saturated rings. The molecule has 152 valence electrons. The second-order valence-electron chi connectivity index (χ2n) is 8.30. The maximum Gasteiger partial charge on any atom is 0.410 e. The molecule has 28 heavy (non-hydrogen) atoms. The van der Waals surface area contributed by atoms with Gasteiger partial charge in [-0.1, -0.05) is 6.92 Å². The van der Waals surface area contributed by atoms with Crippen LogP contribution in [0.5, 0.6) is 0 Å². The molecule has 1 amide bonds. The number of carbonyl (C=O) groups is 1. The van der Waals surface area contributed by atoms with Crippen molar-refractivity contribution >= 4 is 27.8 Å². The van der Waals surface area contributed by atoms with Crippen LogP contribution in [0.25, 0.3) is 5.78 Å². The molecule has 2 aliphatic heterocycles. The predicted molar refractivity (Wildman–Crippen MR) is 104 cm³/mol. The number of hydrogen-bond acceptors (Lipinski definition) is 6. The Hall–Kier alpha value is -1.94. The zero-order chi connectivity index (χ0) is 20.3. The van der Waals surface area contributed by atoms with Crippen LogP contribution >= 0.6 is 15.9 Å². The largest absolute Gasteiger partial charge is 0.444 e. The highest BCUT2D eigenvalue weighted by Crippen LogP contribution is 2.48. The summed E-state index contributed by atoms with van der Waals surface area (Å²) in [5.41, 5.74) is -0.232. The van der Waals surface area contributed by atoms with E-state index in [9.17, 15) is 9.59 Å². The van der Waals surface area contributed by atoms with Crippen LogP contribution in [0.15, 0.2) is 9.53 Å². The number of aromatic nitrogens is 4. The van der Waals surface area contributed by atoms with Crippen LogP contribution in [-0.2, 0) is 15.1 Å². The third kappa shape index (κ3) is 3.12.